The van der Waals surface area contributed by atoms with E-state index in [1.807, 2.05) is 25.1 Å². The molecule has 3 aromatic carbocycles. The molecule has 0 aromatic heterocycles. The molecule has 0 unspecified atom stereocenters. The predicted octanol–water partition coefficient (Wildman–Crippen LogP) is 4.36. The summed E-state index contributed by atoms with van der Waals surface area (Å²) in [6, 6.07) is 22.3. The highest BCUT2D eigenvalue weighted by Crippen LogP contribution is 2.21. The van der Waals surface area contributed by atoms with E-state index in [4.69, 9.17) is 10.00 Å². The molecule has 5 heteroatoms. The Morgan fingerprint density at radius 3 is 2.00 bits per heavy atom. The maximum atomic E-state index is 12.6. The van der Waals surface area contributed by atoms with E-state index in [0.717, 1.165) is 5.56 Å². The summed E-state index contributed by atoms with van der Waals surface area (Å²) in [6.45, 7) is 1.97. The van der Waals surface area contributed by atoms with Gasteiger partial charge in [0, 0.05) is 18.3 Å². The molecule has 0 heterocycles. The molecule has 0 radical (unpaired) electrons. The van der Waals surface area contributed by atoms with E-state index < -0.39 is 5.97 Å². The molecule has 3 aromatic rings. The highest BCUT2D eigenvalue weighted by molar-refractivity contribution is 6.05. The number of carbonyl (C=O) groups is 2. The van der Waals surface area contributed by atoms with Gasteiger partial charge in [-0.05, 0) is 67.6 Å². The molecule has 0 bridgehead atoms. The lowest BCUT2D eigenvalue weighted by molar-refractivity contribution is 0.0734. The summed E-state index contributed by atoms with van der Waals surface area (Å²) in [5.41, 5.74) is 3.21. The molecule has 0 saturated carbocycles. The Labute approximate surface area is 163 Å². The molecule has 0 spiro atoms. The third-order valence-electron chi connectivity index (χ3n) is 4.29. The zero-order chi connectivity index (χ0) is 20.1. The second-order valence-corrected chi connectivity index (χ2v) is 6.30. The van der Waals surface area contributed by atoms with Crippen molar-refractivity contribution in [1.82, 2.24) is 0 Å². The topological polar surface area (TPSA) is 70.4 Å². The minimum absolute atomic E-state index is 0.123. The molecular formula is C23H18N2O3. The van der Waals surface area contributed by atoms with Crippen molar-refractivity contribution < 1.29 is 14.3 Å². The van der Waals surface area contributed by atoms with Crippen LogP contribution in [-0.4, -0.2) is 18.9 Å². The molecule has 0 N–H and O–H groups in total. The fraction of sp³-hybridized carbons (Fsp3) is 0.0870. The average molecular weight is 370 g/mol. The van der Waals surface area contributed by atoms with Gasteiger partial charge in [-0.1, -0.05) is 17.7 Å². The van der Waals surface area contributed by atoms with Crippen molar-refractivity contribution >= 4 is 17.6 Å². The summed E-state index contributed by atoms with van der Waals surface area (Å²) in [7, 11) is 1.69. The summed E-state index contributed by atoms with van der Waals surface area (Å²) in [5.74, 6) is -0.266. The van der Waals surface area contributed by atoms with Gasteiger partial charge in [-0.2, -0.15) is 5.26 Å². The predicted molar refractivity (Wildman–Crippen MR) is 106 cm³/mol. The molecule has 0 saturated heterocycles. The van der Waals surface area contributed by atoms with Gasteiger partial charge < -0.3 is 9.64 Å². The normalized spacial score (nSPS) is 10.0. The number of ether oxygens (including phenoxy) is 1. The van der Waals surface area contributed by atoms with Crippen LogP contribution in [0.15, 0.2) is 72.8 Å². The van der Waals surface area contributed by atoms with Crippen molar-refractivity contribution in [2.45, 2.75) is 6.92 Å². The van der Waals surface area contributed by atoms with Crippen molar-refractivity contribution in [2.24, 2.45) is 0 Å². The molecule has 28 heavy (non-hydrogen) atoms. The number of amides is 1. The maximum absolute atomic E-state index is 12.6. The lowest BCUT2D eigenvalue weighted by atomic mass is 10.1. The van der Waals surface area contributed by atoms with Crippen LogP contribution in [0, 0.1) is 18.3 Å². The minimum atomic E-state index is -0.513. The SMILES string of the molecule is Cc1ccc(C(=O)N(C)c2ccc(OC(=O)c3ccc(C#N)cc3)cc2)cc1. The summed E-state index contributed by atoms with van der Waals surface area (Å²) >= 11 is 0. The molecule has 1 amide bonds. The van der Waals surface area contributed by atoms with E-state index in [1.165, 1.54) is 4.90 Å². The van der Waals surface area contributed by atoms with Crippen molar-refractivity contribution in [3.8, 4) is 11.8 Å². The Hall–Kier alpha value is -3.91. The van der Waals surface area contributed by atoms with E-state index in [0.29, 0.717) is 28.1 Å². The lowest BCUT2D eigenvalue weighted by Gasteiger charge is -2.18. The third-order valence-corrected chi connectivity index (χ3v) is 4.29. The molecular weight excluding hydrogens is 352 g/mol. The van der Waals surface area contributed by atoms with Crippen molar-refractivity contribution in [1.29, 1.82) is 5.26 Å². The van der Waals surface area contributed by atoms with Gasteiger partial charge in [-0.15, -0.1) is 0 Å². The van der Waals surface area contributed by atoms with Gasteiger partial charge in [-0.25, -0.2) is 4.79 Å². The number of hydrogen-bond acceptors (Lipinski definition) is 4. The number of aryl methyl sites for hydroxylation is 1. The summed E-state index contributed by atoms with van der Waals surface area (Å²) in [5, 5.41) is 8.80. The Kier molecular flexibility index (Phi) is 5.52. The standard InChI is InChI=1S/C23H18N2O3/c1-16-3-7-18(8-4-16)22(26)25(2)20-11-13-21(14-12-20)28-23(27)19-9-5-17(15-24)6-10-19/h3-14H,1-2H3. The van der Waals surface area contributed by atoms with Crippen LogP contribution in [-0.2, 0) is 0 Å². The number of nitrogens with zero attached hydrogens (tertiary/aromatic N) is 2. The van der Waals surface area contributed by atoms with E-state index >= 15 is 0 Å². The number of anilines is 1. The lowest BCUT2D eigenvalue weighted by Crippen LogP contribution is -2.26. The Morgan fingerprint density at radius 1 is 0.857 bits per heavy atom. The van der Waals surface area contributed by atoms with Crippen LogP contribution < -0.4 is 9.64 Å². The Bertz CT molecular complexity index is 1030. The first-order chi connectivity index (χ1) is 13.5. The van der Waals surface area contributed by atoms with Gasteiger partial charge in [0.15, 0.2) is 0 Å². The van der Waals surface area contributed by atoms with Gasteiger partial charge in [0.2, 0.25) is 0 Å². The van der Waals surface area contributed by atoms with Gasteiger partial charge in [0.1, 0.15) is 5.75 Å². The number of rotatable bonds is 4. The first kappa shape index (κ1) is 18.9. The number of nitriles is 1. The number of benzene rings is 3. The van der Waals surface area contributed by atoms with E-state index in [9.17, 15) is 9.59 Å². The van der Waals surface area contributed by atoms with Crippen molar-refractivity contribution in [2.75, 3.05) is 11.9 Å². The molecule has 0 fully saturated rings. The monoisotopic (exact) mass is 370 g/mol. The summed E-state index contributed by atoms with van der Waals surface area (Å²) in [4.78, 5) is 26.3. The zero-order valence-electron chi connectivity index (χ0n) is 15.5. The number of esters is 1. The first-order valence-electron chi connectivity index (χ1n) is 8.65. The smallest absolute Gasteiger partial charge is 0.343 e. The van der Waals surface area contributed by atoms with Crippen molar-refractivity contribution in [3.05, 3.63) is 95.1 Å². The fourth-order valence-corrected chi connectivity index (χ4v) is 2.59. The Morgan fingerprint density at radius 2 is 1.43 bits per heavy atom. The number of carbonyl (C=O) groups excluding carboxylic acids is 2. The second-order valence-electron chi connectivity index (χ2n) is 6.30. The van der Waals surface area contributed by atoms with Crippen LogP contribution >= 0.6 is 0 Å². The van der Waals surface area contributed by atoms with Crippen LogP contribution in [0.25, 0.3) is 0 Å². The van der Waals surface area contributed by atoms with Crippen LogP contribution in [0.5, 0.6) is 5.75 Å². The Balaban J connectivity index is 1.68. The third kappa shape index (κ3) is 4.25. The highest BCUT2D eigenvalue weighted by Gasteiger charge is 2.14. The second kappa shape index (κ2) is 8.19. The van der Waals surface area contributed by atoms with Crippen LogP contribution in [0.2, 0.25) is 0 Å². The average Bonchev–Trinajstić information content (AvgIpc) is 2.74. The molecule has 138 valence electrons. The fourth-order valence-electron chi connectivity index (χ4n) is 2.59. The van der Waals surface area contributed by atoms with E-state index in [-0.39, 0.29) is 5.91 Å². The molecule has 0 atom stereocenters. The molecule has 0 aliphatic heterocycles. The summed E-state index contributed by atoms with van der Waals surface area (Å²) in [6.07, 6.45) is 0. The quantitative estimate of drug-likeness (QED) is 0.505. The molecule has 0 aliphatic carbocycles. The maximum Gasteiger partial charge on any atom is 0.343 e. The largest absolute Gasteiger partial charge is 0.423 e. The number of hydrogen-bond donors (Lipinski definition) is 0. The summed E-state index contributed by atoms with van der Waals surface area (Å²) < 4.78 is 5.34. The van der Waals surface area contributed by atoms with Gasteiger partial charge >= 0.3 is 5.97 Å². The van der Waals surface area contributed by atoms with E-state index in [1.54, 1.807) is 67.7 Å². The molecule has 5 nitrogen and oxygen atoms in total. The van der Waals surface area contributed by atoms with Gasteiger partial charge in [-0.3, -0.25) is 4.79 Å². The van der Waals surface area contributed by atoms with Gasteiger partial charge in [0.05, 0.1) is 17.2 Å². The van der Waals surface area contributed by atoms with Crippen LogP contribution in [0.4, 0.5) is 5.69 Å². The van der Waals surface area contributed by atoms with Crippen molar-refractivity contribution in [3.63, 3.8) is 0 Å². The molecule has 3 rings (SSSR count). The highest BCUT2D eigenvalue weighted by atomic mass is 16.5. The minimum Gasteiger partial charge on any atom is -0.423 e. The van der Waals surface area contributed by atoms with E-state index in [2.05, 4.69) is 0 Å². The van der Waals surface area contributed by atoms with Crippen LogP contribution in [0.1, 0.15) is 31.8 Å². The first-order valence-corrected chi connectivity index (χ1v) is 8.65. The van der Waals surface area contributed by atoms with Gasteiger partial charge in [0.25, 0.3) is 5.91 Å². The van der Waals surface area contributed by atoms with Crippen LogP contribution in [0.3, 0.4) is 0 Å². The zero-order valence-corrected chi connectivity index (χ0v) is 15.5. The molecule has 0 aliphatic rings.